The van der Waals surface area contributed by atoms with Crippen molar-refractivity contribution in [1.29, 1.82) is 0 Å². The van der Waals surface area contributed by atoms with Crippen molar-refractivity contribution in [3.05, 3.63) is 84.1 Å². The maximum absolute atomic E-state index is 12.9. The average Bonchev–Trinajstić information content (AvgIpc) is 2.91. The molecule has 3 heterocycles. The van der Waals surface area contributed by atoms with Gasteiger partial charge < -0.3 is 20.3 Å². The van der Waals surface area contributed by atoms with E-state index in [1.807, 2.05) is 30.3 Å². The summed E-state index contributed by atoms with van der Waals surface area (Å²) in [5.74, 6) is 0.548. The molecule has 3 aromatic rings. The Hall–Kier alpha value is -3.42. The first-order chi connectivity index (χ1) is 17.2. The minimum atomic E-state index is -0.113. The zero-order valence-electron chi connectivity index (χ0n) is 20.0. The van der Waals surface area contributed by atoms with Crippen LogP contribution in [0.5, 0.6) is 0 Å². The molecule has 0 aliphatic carbocycles. The summed E-state index contributed by atoms with van der Waals surface area (Å²) in [4.78, 5) is 22.2. The van der Waals surface area contributed by atoms with Gasteiger partial charge in [0.1, 0.15) is 11.5 Å². The Morgan fingerprint density at radius 1 is 0.886 bits per heavy atom. The van der Waals surface area contributed by atoms with Crippen molar-refractivity contribution in [3.8, 4) is 0 Å². The van der Waals surface area contributed by atoms with Crippen LogP contribution >= 0.6 is 0 Å². The Morgan fingerprint density at radius 2 is 1.63 bits per heavy atom. The number of ether oxygens (including phenoxy) is 1. The van der Waals surface area contributed by atoms with E-state index in [1.54, 1.807) is 6.07 Å². The number of rotatable bonds is 7. The number of carbonyl (C=O) groups excluding carboxylic acids is 1. The third kappa shape index (κ3) is 6.38. The molecule has 2 saturated heterocycles. The summed E-state index contributed by atoms with van der Waals surface area (Å²) in [5.41, 5.74) is 3.90. The van der Waals surface area contributed by atoms with Gasteiger partial charge >= 0.3 is 0 Å². The molecule has 1 amide bonds. The summed E-state index contributed by atoms with van der Waals surface area (Å²) in [6.45, 7) is 6.29. The summed E-state index contributed by atoms with van der Waals surface area (Å²) >= 11 is 0. The van der Waals surface area contributed by atoms with Crippen LogP contribution < -0.4 is 15.5 Å². The number of nitrogens with one attached hydrogen (secondary N) is 2. The maximum atomic E-state index is 12.9. The number of morpholine rings is 1. The third-order valence-electron chi connectivity index (χ3n) is 6.67. The Labute approximate surface area is 207 Å². The highest BCUT2D eigenvalue weighted by Crippen LogP contribution is 2.21. The van der Waals surface area contributed by atoms with E-state index < -0.39 is 0 Å². The molecule has 2 aromatic carbocycles. The zero-order chi connectivity index (χ0) is 23.9. The molecule has 2 fully saturated rings. The number of anilines is 3. The van der Waals surface area contributed by atoms with Crippen LogP contribution in [-0.4, -0.2) is 61.2 Å². The van der Waals surface area contributed by atoms with Gasteiger partial charge in [0, 0.05) is 50.1 Å². The number of amides is 1. The highest BCUT2D eigenvalue weighted by molar-refractivity contribution is 5.93. The number of nitrogens with zero attached hydrogens (tertiary/aromatic N) is 3. The van der Waals surface area contributed by atoms with Crippen molar-refractivity contribution >= 4 is 23.1 Å². The molecule has 0 radical (unpaired) electrons. The molecular formula is C28H33N5O2. The average molecular weight is 472 g/mol. The molecule has 0 atom stereocenters. The number of hydrogen-bond donors (Lipinski definition) is 2. The first kappa shape index (κ1) is 23.3. The van der Waals surface area contributed by atoms with Gasteiger partial charge in [-0.2, -0.15) is 0 Å². The van der Waals surface area contributed by atoms with Crippen LogP contribution in [0.15, 0.2) is 72.8 Å². The smallest absolute Gasteiger partial charge is 0.270 e. The van der Waals surface area contributed by atoms with Crippen molar-refractivity contribution in [3.63, 3.8) is 0 Å². The van der Waals surface area contributed by atoms with Crippen LogP contribution in [0.25, 0.3) is 0 Å². The van der Waals surface area contributed by atoms with E-state index in [0.717, 1.165) is 64.5 Å². The van der Waals surface area contributed by atoms with Gasteiger partial charge in [-0.05, 0) is 54.8 Å². The van der Waals surface area contributed by atoms with Crippen molar-refractivity contribution in [2.45, 2.75) is 25.4 Å². The van der Waals surface area contributed by atoms with E-state index in [1.165, 1.54) is 11.3 Å². The molecule has 182 valence electrons. The molecule has 2 aliphatic rings. The molecule has 2 aliphatic heterocycles. The Morgan fingerprint density at radius 3 is 2.37 bits per heavy atom. The lowest BCUT2D eigenvalue weighted by molar-refractivity contribution is 0.0904. The molecule has 0 unspecified atom stereocenters. The summed E-state index contributed by atoms with van der Waals surface area (Å²) in [6, 6.07) is 24.5. The number of pyridine rings is 1. The quantitative estimate of drug-likeness (QED) is 0.542. The fourth-order valence-electron chi connectivity index (χ4n) is 4.69. The molecule has 0 saturated carbocycles. The zero-order valence-corrected chi connectivity index (χ0v) is 20.0. The third-order valence-corrected chi connectivity index (χ3v) is 6.67. The minimum absolute atomic E-state index is 0.113. The van der Waals surface area contributed by atoms with Gasteiger partial charge in [0.2, 0.25) is 0 Å². The van der Waals surface area contributed by atoms with Crippen LogP contribution in [0.3, 0.4) is 0 Å². The van der Waals surface area contributed by atoms with Crippen molar-refractivity contribution in [2.24, 2.45) is 0 Å². The fourth-order valence-corrected chi connectivity index (χ4v) is 4.69. The lowest BCUT2D eigenvalue weighted by Gasteiger charge is -2.32. The number of likely N-dealkylation sites (tertiary alicyclic amines) is 1. The second-order valence-corrected chi connectivity index (χ2v) is 9.19. The van der Waals surface area contributed by atoms with E-state index in [2.05, 4.69) is 61.8 Å². The van der Waals surface area contributed by atoms with Gasteiger partial charge in [0.05, 0.1) is 13.2 Å². The number of aromatic nitrogens is 1. The number of carbonyl (C=O) groups is 1. The van der Waals surface area contributed by atoms with Crippen LogP contribution in [0.4, 0.5) is 17.2 Å². The SMILES string of the molecule is O=C(NC1CCN(Cc2ccccc2)CC1)c1cccc(Nc2ccc(N3CCOCC3)cc2)n1. The van der Waals surface area contributed by atoms with Crippen LogP contribution in [0.2, 0.25) is 0 Å². The molecule has 2 N–H and O–H groups in total. The normalized spacial score (nSPS) is 17.2. The summed E-state index contributed by atoms with van der Waals surface area (Å²) in [5, 5.41) is 6.50. The first-order valence-corrected chi connectivity index (χ1v) is 12.5. The Kier molecular flexibility index (Phi) is 7.56. The van der Waals surface area contributed by atoms with Gasteiger partial charge in [0.25, 0.3) is 5.91 Å². The molecule has 0 spiro atoms. The van der Waals surface area contributed by atoms with Crippen molar-refractivity contribution in [1.82, 2.24) is 15.2 Å². The van der Waals surface area contributed by atoms with E-state index in [-0.39, 0.29) is 11.9 Å². The molecule has 5 rings (SSSR count). The number of benzene rings is 2. The number of piperidine rings is 1. The minimum Gasteiger partial charge on any atom is -0.378 e. The first-order valence-electron chi connectivity index (χ1n) is 12.5. The maximum Gasteiger partial charge on any atom is 0.270 e. The topological polar surface area (TPSA) is 69.7 Å². The largest absolute Gasteiger partial charge is 0.378 e. The Bertz CT molecular complexity index is 1090. The van der Waals surface area contributed by atoms with E-state index in [4.69, 9.17) is 4.74 Å². The van der Waals surface area contributed by atoms with E-state index in [9.17, 15) is 4.79 Å². The van der Waals surface area contributed by atoms with Crippen LogP contribution in [-0.2, 0) is 11.3 Å². The summed E-state index contributed by atoms with van der Waals surface area (Å²) < 4.78 is 5.43. The van der Waals surface area contributed by atoms with E-state index in [0.29, 0.717) is 11.5 Å². The lowest BCUT2D eigenvalue weighted by atomic mass is 10.0. The lowest BCUT2D eigenvalue weighted by Crippen LogP contribution is -2.44. The summed E-state index contributed by atoms with van der Waals surface area (Å²) in [7, 11) is 0. The fraction of sp³-hybridized carbons (Fsp3) is 0.357. The number of hydrogen-bond acceptors (Lipinski definition) is 6. The molecule has 1 aromatic heterocycles. The van der Waals surface area contributed by atoms with Gasteiger partial charge in [-0.25, -0.2) is 4.98 Å². The molecule has 0 bridgehead atoms. The molecule has 35 heavy (non-hydrogen) atoms. The van der Waals surface area contributed by atoms with Gasteiger partial charge in [-0.15, -0.1) is 0 Å². The predicted octanol–water partition coefficient (Wildman–Crippen LogP) is 4.06. The highest BCUT2D eigenvalue weighted by Gasteiger charge is 2.22. The van der Waals surface area contributed by atoms with Crippen molar-refractivity contribution < 1.29 is 9.53 Å². The van der Waals surface area contributed by atoms with Crippen LogP contribution in [0.1, 0.15) is 28.9 Å². The second-order valence-electron chi connectivity index (χ2n) is 9.19. The van der Waals surface area contributed by atoms with E-state index >= 15 is 0 Å². The molecular weight excluding hydrogens is 438 g/mol. The van der Waals surface area contributed by atoms with Crippen molar-refractivity contribution in [2.75, 3.05) is 49.6 Å². The second kappa shape index (κ2) is 11.3. The van der Waals surface area contributed by atoms with Gasteiger partial charge in [0.15, 0.2) is 0 Å². The summed E-state index contributed by atoms with van der Waals surface area (Å²) in [6.07, 6.45) is 1.90. The Balaban J connectivity index is 1.12. The van der Waals surface area contributed by atoms with Gasteiger partial charge in [-0.3, -0.25) is 9.69 Å². The van der Waals surface area contributed by atoms with Crippen LogP contribution in [0, 0.1) is 0 Å². The predicted molar refractivity (Wildman–Crippen MR) is 139 cm³/mol. The molecule has 7 heteroatoms. The molecule has 7 nitrogen and oxygen atoms in total. The highest BCUT2D eigenvalue weighted by atomic mass is 16.5. The monoisotopic (exact) mass is 471 g/mol. The standard InChI is InChI=1S/C28H33N5O2/c34-28(30-24-13-15-32(16-14-24)21-22-5-2-1-3-6-22)26-7-4-8-27(31-26)29-23-9-11-25(12-10-23)33-17-19-35-20-18-33/h1-12,24H,13-21H2,(H,29,31)(H,30,34). The van der Waals surface area contributed by atoms with Gasteiger partial charge in [-0.1, -0.05) is 36.4 Å².